The molecule has 114 valence electrons. The number of fused-ring (bicyclic) bond motifs is 1. The van der Waals surface area contributed by atoms with E-state index in [1.165, 1.54) is 11.9 Å². The van der Waals surface area contributed by atoms with Gasteiger partial charge in [0.15, 0.2) is 0 Å². The minimum Gasteiger partial charge on any atom is -0.507 e. The first-order chi connectivity index (χ1) is 10.0. The Morgan fingerprint density at radius 2 is 1.86 bits per heavy atom. The van der Waals surface area contributed by atoms with Gasteiger partial charge < -0.3 is 14.7 Å². The van der Waals surface area contributed by atoms with Gasteiger partial charge in [-0.15, -0.1) is 0 Å². The maximum atomic E-state index is 12.3. The molecule has 21 heavy (non-hydrogen) atoms. The van der Waals surface area contributed by atoms with E-state index in [1.807, 2.05) is 0 Å². The zero-order chi connectivity index (χ0) is 15.4. The fraction of sp³-hybridized carbons (Fsp3) is 0.500. The molecule has 0 aromatic heterocycles. The van der Waals surface area contributed by atoms with Crippen molar-refractivity contribution < 1.29 is 19.4 Å². The SMILES string of the molecule is CCOC(=O)CN(C)C(=O)c1cc2c(cc1O)CCCC2. The lowest BCUT2D eigenvalue weighted by molar-refractivity contribution is -0.143. The Kier molecular flexibility index (Phi) is 4.83. The normalized spacial score (nSPS) is 13.4. The molecule has 1 aromatic carbocycles. The van der Waals surface area contributed by atoms with Crippen LogP contribution >= 0.6 is 0 Å². The molecule has 1 aromatic rings. The molecule has 0 atom stereocenters. The third-order valence-corrected chi connectivity index (χ3v) is 3.71. The first kappa shape index (κ1) is 15.4. The van der Waals surface area contributed by atoms with E-state index in [9.17, 15) is 14.7 Å². The zero-order valence-corrected chi connectivity index (χ0v) is 12.5. The predicted molar refractivity (Wildman–Crippen MR) is 78.3 cm³/mol. The van der Waals surface area contributed by atoms with Crippen LogP contribution in [-0.2, 0) is 22.4 Å². The number of carbonyl (C=O) groups is 2. The van der Waals surface area contributed by atoms with E-state index < -0.39 is 5.97 Å². The molecule has 0 saturated carbocycles. The highest BCUT2D eigenvalue weighted by Crippen LogP contribution is 2.29. The molecule has 1 aliphatic rings. The van der Waals surface area contributed by atoms with Gasteiger partial charge in [0.2, 0.25) is 0 Å². The van der Waals surface area contributed by atoms with Crippen molar-refractivity contribution in [1.29, 1.82) is 0 Å². The Hall–Kier alpha value is -2.04. The average molecular weight is 291 g/mol. The summed E-state index contributed by atoms with van der Waals surface area (Å²) < 4.78 is 4.82. The zero-order valence-electron chi connectivity index (χ0n) is 12.5. The van der Waals surface area contributed by atoms with E-state index >= 15 is 0 Å². The van der Waals surface area contributed by atoms with E-state index in [4.69, 9.17) is 4.74 Å². The number of hydrogen-bond acceptors (Lipinski definition) is 4. The summed E-state index contributed by atoms with van der Waals surface area (Å²) >= 11 is 0. The van der Waals surface area contributed by atoms with Gasteiger partial charge in [-0.05, 0) is 55.9 Å². The molecule has 1 amide bonds. The van der Waals surface area contributed by atoms with Gasteiger partial charge in [-0.3, -0.25) is 9.59 Å². The number of likely N-dealkylation sites (N-methyl/N-ethyl adjacent to an activating group) is 1. The minimum atomic E-state index is -0.453. The third-order valence-electron chi connectivity index (χ3n) is 3.71. The summed E-state index contributed by atoms with van der Waals surface area (Å²) in [6.45, 7) is 1.88. The van der Waals surface area contributed by atoms with Crippen LogP contribution in [0.2, 0.25) is 0 Å². The number of phenols is 1. The van der Waals surface area contributed by atoms with Crippen molar-refractivity contribution in [2.24, 2.45) is 0 Å². The number of amides is 1. The quantitative estimate of drug-likeness (QED) is 0.860. The van der Waals surface area contributed by atoms with Gasteiger partial charge >= 0.3 is 5.97 Å². The van der Waals surface area contributed by atoms with Gasteiger partial charge in [0.1, 0.15) is 12.3 Å². The van der Waals surface area contributed by atoms with Crippen molar-refractivity contribution in [1.82, 2.24) is 4.90 Å². The van der Waals surface area contributed by atoms with Gasteiger partial charge in [-0.2, -0.15) is 0 Å². The summed E-state index contributed by atoms with van der Waals surface area (Å²) in [6, 6.07) is 3.44. The van der Waals surface area contributed by atoms with Gasteiger partial charge in [-0.1, -0.05) is 0 Å². The van der Waals surface area contributed by atoms with Crippen LogP contribution in [0.3, 0.4) is 0 Å². The Morgan fingerprint density at radius 1 is 1.24 bits per heavy atom. The van der Waals surface area contributed by atoms with Crippen LogP contribution in [-0.4, -0.2) is 42.1 Å². The molecule has 0 fully saturated rings. The van der Waals surface area contributed by atoms with Crippen LogP contribution < -0.4 is 0 Å². The Bertz CT molecular complexity index is 553. The maximum Gasteiger partial charge on any atom is 0.325 e. The molecule has 2 rings (SSSR count). The van der Waals surface area contributed by atoms with Crippen LogP contribution in [0.4, 0.5) is 0 Å². The van der Waals surface area contributed by atoms with E-state index in [0.29, 0.717) is 0 Å². The first-order valence-electron chi connectivity index (χ1n) is 7.28. The highest BCUT2D eigenvalue weighted by atomic mass is 16.5. The van der Waals surface area contributed by atoms with Crippen LogP contribution in [0.5, 0.6) is 5.75 Å². The van der Waals surface area contributed by atoms with E-state index in [-0.39, 0.29) is 30.4 Å². The molecule has 0 spiro atoms. The monoisotopic (exact) mass is 291 g/mol. The number of benzene rings is 1. The molecule has 1 N–H and O–H groups in total. The third kappa shape index (κ3) is 3.54. The number of aromatic hydroxyl groups is 1. The maximum absolute atomic E-state index is 12.3. The predicted octanol–water partition coefficient (Wildman–Crippen LogP) is 1.91. The number of hydrogen-bond donors (Lipinski definition) is 1. The number of carbonyl (C=O) groups excluding carboxylic acids is 2. The Labute approximate surface area is 124 Å². The Morgan fingerprint density at radius 3 is 2.48 bits per heavy atom. The van der Waals surface area contributed by atoms with Crippen molar-refractivity contribution in [2.75, 3.05) is 20.2 Å². The second kappa shape index (κ2) is 6.61. The molecule has 0 bridgehead atoms. The standard InChI is InChI=1S/C16H21NO4/c1-3-21-15(19)10-17(2)16(20)13-8-11-6-4-5-7-12(11)9-14(13)18/h8-9,18H,3-7,10H2,1-2H3. The lowest BCUT2D eigenvalue weighted by atomic mass is 9.89. The number of rotatable bonds is 4. The molecule has 0 heterocycles. The lowest BCUT2D eigenvalue weighted by Crippen LogP contribution is -2.33. The summed E-state index contributed by atoms with van der Waals surface area (Å²) in [6.07, 6.45) is 4.08. The summed E-state index contributed by atoms with van der Waals surface area (Å²) in [5.41, 5.74) is 2.48. The number of nitrogens with zero attached hydrogens (tertiary/aromatic N) is 1. The largest absolute Gasteiger partial charge is 0.507 e. The van der Waals surface area contributed by atoms with Crippen molar-refractivity contribution in [2.45, 2.75) is 32.6 Å². The molecule has 0 radical (unpaired) electrons. The van der Waals surface area contributed by atoms with Crippen LogP contribution in [0.15, 0.2) is 12.1 Å². The molecule has 0 unspecified atom stereocenters. The van der Waals surface area contributed by atoms with E-state index in [0.717, 1.165) is 36.8 Å². The van der Waals surface area contributed by atoms with Crippen LogP contribution in [0.25, 0.3) is 0 Å². The van der Waals surface area contributed by atoms with E-state index in [2.05, 4.69) is 0 Å². The number of aryl methyl sites for hydroxylation is 2. The highest BCUT2D eigenvalue weighted by Gasteiger charge is 2.21. The molecule has 1 aliphatic carbocycles. The minimum absolute atomic E-state index is 0.0173. The van der Waals surface area contributed by atoms with Gasteiger partial charge in [0.25, 0.3) is 5.91 Å². The Balaban J connectivity index is 2.17. The summed E-state index contributed by atoms with van der Waals surface area (Å²) in [5, 5.41) is 10.1. The first-order valence-corrected chi connectivity index (χ1v) is 7.28. The van der Waals surface area contributed by atoms with Crippen molar-refractivity contribution in [3.8, 4) is 5.75 Å². The van der Waals surface area contributed by atoms with Crippen molar-refractivity contribution in [3.63, 3.8) is 0 Å². The summed E-state index contributed by atoms with van der Waals surface area (Å²) in [7, 11) is 1.53. The lowest BCUT2D eigenvalue weighted by Gasteiger charge is -2.20. The van der Waals surface area contributed by atoms with Crippen LogP contribution in [0, 0.1) is 0 Å². The molecular weight excluding hydrogens is 270 g/mol. The molecule has 5 nitrogen and oxygen atoms in total. The second-order valence-corrected chi connectivity index (χ2v) is 5.31. The fourth-order valence-electron chi connectivity index (χ4n) is 2.62. The van der Waals surface area contributed by atoms with Crippen molar-refractivity contribution >= 4 is 11.9 Å². The molecule has 0 saturated heterocycles. The summed E-state index contributed by atoms with van der Waals surface area (Å²) in [5.74, 6) is -0.837. The van der Waals surface area contributed by atoms with Gasteiger partial charge in [0, 0.05) is 7.05 Å². The van der Waals surface area contributed by atoms with Gasteiger partial charge in [-0.25, -0.2) is 0 Å². The van der Waals surface area contributed by atoms with E-state index in [1.54, 1.807) is 19.1 Å². The number of esters is 1. The molecule has 5 heteroatoms. The number of phenolic OH excluding ortho intramolecular Hbond substituents is 1. The summed E-state index contributed by atoms with van der Waals surface area (Å²) in [4.78, 5) is 25.0. The smallest absolute Gasteiger partial charge is 0.325 e. The fourth-order valence-corrected chi connectivity index (χ4v) is 2.62. The van der Waals surface area contributed by atoms with Crippen LogP contribution in [0.1, 0.15) is 41.3 Å². The molecule has 0 aliphatic heterocycles. The van der Waals surface area contributed by atoms with Crippen molar-refractivity contribution in [3.05, 3.63) is 28.8 Å². The van der Waals surface area contributed by atoms with Gasteiger partial charge in [0.05, 0.1) is 12.2 Å². The topological polar surface area (TPSA) is 66.8 Å². The second-order valence-electron chi connectivity index (χ2n) is 5.31. The average Bonchev–Trinajstić information content (AvgIpc) is 2.46. The number of ether oxygens (including phenoxy) is 1. The molecular formula is C16H21NO4. The highest BCUT2D eigenvalue weighted by molar-refractivity contribution is 5.98.